The van der Waals surface area contributed by atoms with Crippen LogP contribution >= 0.6 is 0 Å². The first-order valence-corrected chi connectivity index (χ1v) is 9.88. The number of likely N-dealkylation sites (tertiary alicyclic amines) is 1. The molecule has 6 heteroatoms. The minimum absolute atomic E-state index is 0.0738. The van der Waals surface area contributed by atoms with Crippen molar-refractivity contribution < 1.29 is 19.4 Å². The maximum Gasteiger partial charge on any atom is 0.295 e. The van der Waals surface area contributed by atoms with Gasteiger partial charge < -0.3 is 14.7 Å². The van der Waals surface area contributed by atoms with E-state index in [1.54, 1.807) is 43.8 Å². The Hall–Kier alpha value is -3.93. The average Bonchev–Trinajstić information content (AvgIpc) is 3.04. The summed E-state index contributed by atoms with van der Waals surface area (Å²) in [7, 11) is 1.57. The predicted molar refractivity (Wildman–Crippen MR) is 116 cm³/mol. The number of aryl methyl sites for hydroxylation is 1. The molecule has 1 aromatic heterocycles. The van der Waals surface area contributed by atoms with Gasteiger partial charge in [0.05, 0.1) is 18.7 Å². The summed E-state index contributed by atoms with van der Waals surface area (Å²) in [5.41, 5.74) is 2.89. The maximum atomic E-state index is 13.1. The van der Waals surface area contributed by atoms with E-state index in [-0.39, 0.29) is 17.9 Å². The van der Waals surface area contributed by atoms with E-state index >= 15 is 0 Å². The number of ether oxygens (including phenoxy) is 1. The molecule has 1 N–H and O–H groups in total. The smallest absolute Gasteiger partial charge is 0.295 e. The SMILES string of the molecule is COc1ccc(/C(O)=C2\C(=O)C(=O)N(Cc3cccnc3)[C@H]2c2ccccc2)cc1C. The Labute approximate surface area is 180 Å². The molecule has 0 bridgehead atoms. The maximum absolute atomic E-state index is 13.1. The van der Waals surface area contributed by atoms with Crippen LogP contribution in [-0.4, -0.2) is 33.8 Å². The van der Waals surface area contributed by atoms with E-state index in [4.69, 9.17) is 4.74 Å². The molecule has 1 aliphatic heterocycles. The number of aliphatic hydroxyl groups is 1. The van der Waals surface area contributed by atoms with E-state index in [0.29, 0.717) is 11.3 Å². The minimum atomic E-state index is -0.705. The lowest BCUT2D eigenvalue weighted by molar-refractivity contribution is -0.140. The summed E-state index contributed by atoms with van der Waals surface area (Å²) in [4.78, 5) is 31.6. The second-order valence-electron chi connectivity index (χ2n) is 7.38. The van der Waals surface area contributed by atoms with Gasteiger partial charge in [-0.25, -0.2) is 0 Å². The zero-order chi connectivity index (χ0) is 22.0. The van der Waals surface area contributed by atoms with E-state index in [1.165, 1.54) is 4.90 Å². The normalized spacial score (nSPS) is 17.7. The van der Waals surface area contributed by atoms with Crippen molar-refractivity contribution in [1.29, 1.82) is 0 Å². The number of ketones is 1. The Bertz CT molecular complexity index is 1160. The van der Waals surface area contributed by atoms with Crippen molar-refractivity contribution in [2.45, 2.75) is 19.5 Å². The molecule has 1 amide bonds. The van der Waals surface area contributed by atoms with Crippen molar-refractivity contribution in [1.82, 2.24) is 9.88 Å². The molecule has 1 fully saturated rings. The zero-order valence-corrected chi connectivity index (χ0v) is 17.3. The predicted octanol–water partition coefficient (Wildman–Crippen LogP) is 4.02. The number of aliphatic hydroxyl groups excluding tert-OH is 1. The van der Waals surface area contributed by atoms with Crippen molar-refractivity contribution in [3.8, 4) is 5.75 Å². The van der Waals surface area contributed by atoms with Crippen molar-refractivity contribution in [3.63, 3.8) is 0 Å². The molecule has 156 valence electrons. The highest BCUT2D eigenvalue weighted by molar-refractivity contribution is 6.46. The third kappa shape index (κ3) is 3.80. The molecule has 0 saturated carbocycles. The Morgan fingerprint density at radius 3 is 2.52 bits per heavy atom. The van der Waals surface area contributed by atoms with E-state index in [9.17, 15) is 14.7 Å². The quantitative estimate of drug-likeness (QED) is 0.388. The number of Topliss-reactive ketones (excluding diaryl/α,β-unsaturated/α-hetero) is 1. The number of benzene rings is 2. The molecule has 31 heavy (non-hydrogen) atoms. The van der Waals surface area contributed by atoms with Gasteiger partial charge in [-0.3, -0.25) is 14.6 Å². The second kappa shape index (κ2) is 8.44. The highest BCUT2D eigenvalue weighted by atomic mass is 16.5. The van der Waals surface area contributed by atoms with Crippen molar-refractivity contribution in [2.75, 3.05) is 7.11 Å². The van der Waals surface area contributed by atoms with Gasteiger partial charge in [0.1, 0.15) is 11.5 Å². The second-order valence-corrected chi connectivity index (χ2v) is 7.38. The molecule has 1 aliphatic rings. The van der Waals surface area contributed by atoms with Crippen LogP contribution in [0.2, 0.25) is 0 Å². The summed E-state index contributed by atoms with van der Waals surface area (Å²) in [6, 6.07) is 17.3. The van der Waals surface area contributed by atoms with Crippen LogP contribution in [0, 0.1) is 6.92 Å². The Morgan fingerprint density at radius 2 is 1.87 bits per heavy atom. The van der Waals surface area contributed by atoms with E-state index < -0.39 is 17.7 Å². The van der Waals surface area contributed by atoms with Gasteiger partial charge in [0.25, 0.3) is 11.7 Å². The van der Waals surface area contributed by atoms with Crippen LogP contribution in [0.1, 0.15) is 28.3 Å². The molecule has 0 unspecified atom stereocenters. The van der Waals surface area contributed by atoms with E-state index in [1.807, 2.05) is 43.3 Å². The Balaban J connectivity index is 1.85. The van der Waals surface area contributed by atoms with E-state index in [2.05, 4.69) is 4.98 Å². The first-order valence-electron chi connectivity index (χ1n) is 9.88. The third-order valence-electron chi connectivity index (χ3n) is 5.40. The molecular weight excluding hydrogens is 392 g/mol. The van der Waals surface area contributed by atoms with Gasteiger partial charge in [-0.1, -0.05) is 36.4 Å². The highest BCUT2D eigenvalue weighted by Crippen LogP contribution is 2.40. The highest BCUT2D eigenvalue weighted by Gasteiger charge is 2.46. The van der Waals surface area contributed by atoms with Gasteiger partial charge in [-0.2, -0.15) is 0 Å². The summed E-state index contributed by atoms with van der Waals surface area (Å²) < 4.78 is 5.28. The summed E-state index contributed by atoms with van der Waals surface area (Å²) in [5.74, 6) is -0.881. The van der Waals surface area contributed by atoms with Gasteiger partial charge in [-0.05, 0) is 47.9 Å². The van der Waals surface area contributed by atoms with Gasteiger partial charge in [0.2, 0.25) is 0 Å². The summed E-state index contributed by atoms with van der Waals surface area (Å²) in [5, 5.41) is 11.1. The van der Waals surface area contributed by atoms with E-state index in [0.717, 1.165) is 16.7 Å². The van der Waals surface area contributed by atoms with Gasteiger partial charge in [0.15, 0.2) is 0 Å². The lowest BCUT2D eigenvalue weighted by atomic mass is 9.94. The van der Waals surface area contributed by atoms with Crippen LogP contribution in [0.4, 0.5) is 0 Å². The number of methoxy groups -OCH3 is 1. The Morgan fingerprint density at radius 1 is 1.10 bits per heavy atom. The molecule has 0 radical (unpaired) electrons. The summed E-state index contributed by atoms with van der Waals surface area (Å²) in [6.45, 7) is 2.06. The van der Waals surface area contributed by atoms with Crippen LogP contribution < -0.4 is 4.74 Å². The number of pyridine rings is 1. The fourth-order valence-corrected chi connectivity index (χ4v) is 3.89. The number of rotatable bonds is 5. The van der Waals surface area contributed by atoms with Crippen molar-refractivity contribution >= 4 is 17.4 Å². The lowest BCUT2D eigenvalue weighted by Crippen LogP contribution is -2.29. The number of hydrogen-bond acceptors (Lipinski definition) is 5. The molecule has 2 heterocycles. The summed E-state index contributed by atoms with van der Waals surface area (Å²) in [6.07, 6.45) is 3.31. The molecule has 0 spiro atoms. The first-order chi connectivity index (χ1) is 15.0. The fraction of sp³-hybridized carbons (Fsp3) is 0.160. The zero-order valence-electron chi connectivity index (χ0n) is 17.3. The number of hydrogen-bond donors (Lipinski definition) is 1. The number of carbonyl (C=O) groups excluding carboxylic acids is 2. The van der Waals surface area contributed by atoms with Crippen LogP contribution in [0.25, 0.3) is 5.76 Å². The largest absolute Gasteiger partial charge is 0.507 e. The van der Waals surface area contributed by atoms with Crippen molar-refractivity contribution in [3.05, 3.63) is 101 Å². The fourth-order valence-electron chi connectivity index (χ4n) is 3.89. The van der Waals surface area contributed by atoms with Crippen LogP contribution in [-0.2, 0) is 16.1 Å². The molecular formula is C25H22N2O4. The van der Waals surface area contributed by atoms with Gasteiger partial charge >= 0.3 is 0 Å². The molecule has 1 saturated heterocycles. The first kappa shape index (κ1) is 20.3. The number of carbonyl (C=O) groups is 2. The van der Waals surface area contributed by atoms with Crippen molar-refractivity contribution in [2.24, 2.45) is 0 Å². The summed E-state index contributed by atoms with van der Waals surface area (Å²) >= 11 is 0. The number of aromatic nitrogens is 1. The monoisotopic (exact) mass is 414 g/mol. The van der Waals surface area contributed by atoms with Crippen LogP contribution in [0.15, 0.2) is 78.6 Å². The molecule has 1 atom stereocenters. The minimum Gasteiger partial charge on any atom is -0.507 e. The topological polar surface area (TPSA) is 79.7 Å². The van der Waals surface area contributed by atoms with Crippen LogP contribution in [0.5, 0.6) is 5.75 Å². The molecule has 6 nitrogen and oxygen atoms in total. The van der Waals surface area contributed by atoms with Gasteiger partial charge in [-0.15, -0.1) is 0 Å². The third-order valence-corrected chi connectivity index (χ3v) is 5.40. The van der Waals surface area contributed by atoms with Crippen LogP contribution in [0.3, 0.4) is 0 Å². The lowest BCUT2D eigenvalue weighted by Gasteiger charge is -2.25. The standard InChI is InChI=1S/C25H22N2O4/c1-16-13-19(10-11-20(16)31-2)23(28)21-22(18-8-4-3-5-9-18)27(25(30)24(21)29)15-17-7-6-12-26-14-17/h3-14,22,28H,15H2,1-2H3/b23-21+/t22-/m0/s1. The number of amides is 1. The molecule has 0 aliphatic carbocycles. The Kier molecular flexibility index (Phi) is 5.54. The number of nitrogens with zero attached hydrogens (tertiary/aromatic N) is 2. The van der Waals surface area contributed by atoms with Gasteiger partial charge in [0, 0.05) is 24.5 Å². The average molecular weight is 414 g/mol. The molecule has 2 aromatic carbocycles. The molecule has 3 aromatic rings. The molecule has 4 rings (SSSR count).